The van der Waals surface area contributed by atoms with Gasteiger partial charge in [-0.15, -0.1) is 6.58 Å². The zero-order valence-corrected chi connectivity index (χ0v) is 11.0. The van der Waals surface area contributed by atoms with E-state index in [9.17, 15) is 9.90 Å². The van der Waals surface area contributed by atoms with E-state index in [1.807, 2.05) is 30.3 Å². The van der Waals surface area contributed by atoms with E-state index >= 15 is 0 Å². The van der Waals surface area contributed by atoms with Crippen LogP contribution in [0.1, 0.15) is 31.2 Å². The Morgan fingerprint density at radius 1 is 1.47 bits per heavy atom. The molecule has 0 radical (unpaired) electrons. The third-order valence-electron chi connectivity index (χ3n) is 3.67. The summed E-state index contributed by atoms with van der Waals surface area (Å²) in [5.74, 6) is -0.391. The molecule has 0 bridgehead atoms. The number of carbonyl (C=O) groups excluding carboxylic acids is 1. The van der Waals surface area contributed by atoms with Gasteiger partial charge in [-0.1, -0.05) is 36.4 Å². The molecule has 0 amide bonds. The maximum Gasteiger partial charge on any atom is 0.309 e. The van der Waals surface area contributed by atoms with Gasteiger partial charge in [-0.05, 0) is 31.2 Å². The summed E-state index contributed by atoms with van der Waals surface area (Å²) < 4.78 is 5.31. The van der Waals surface area contributed by atoms with E-state index in [0.29, 0.717) is 32.3 Å². The predicted octanol–water partition coefficient (Wildman–Crippen LogP) is 2.84. The maximum atomic E-state index is 12.0. The number of rotatable bonds is 5. The highest BCUT2D eigenvalue weighted by molar-refractivity contribution is 5.73. The number of hydrogen-bond acceptors (Lipinski definition) is 3. The van der Waals surface area contributed by atoms with Gasteiger partial charge in [0, 0.05) is 0 Å². The van der Waals surface area contributed by atoms with Crippen LogP contribution in [-0.4, -0.2) is 16.7 Å². The molecule has 0 spiro atoms. The van der Waals surface area contributed by atoms with Gasteiger partial charge in [0.2, 0.25) is 0 Å². The van der Waals surface area contributed by atoms with Crippen molar-refractivity contribution >= 4 is 5.97 Å². The molecule has 2 atom stereocenters. The largest absolute Gasteiger partial charge is 0.461 e. The van der Waals surface area contributed by atoms with Crippen molar-refractivity contribution < 1.29 is 14.6 Å². The Kier molecular flexibility index (Phi) is 4.38. The summed E-state index contributed by atoms with van der Waals surface area (Å²) in [6, 6.07) is 9.62. The van der Waals surface area contributed by atoms with Crippen LogP contribution in [0.3, 0.4) is 0 Å². The molecule has 0 saturated heterocycles. The van der Waals surface area contributed by atoms with Crippen molar-refractivity contribution in [1.29, 1.82) is 0 Å². The Hall–Kier alpha value is -1.61. The Labute approximate surface area is 113 Å². The van der Waals surface area contributed by atoms with Gasteiger partial charge in [0.15, 0.2) is 0 Å². The smallest absolute Gasteiger partial charge is 0.309 e. The lowest BCUT2D eigenvalue weighted by molar-refractivity contribution is -0.150. The first-order valence-corrected chi connectivity index (χ1v) is 6.67. The number of ether oxygens (including phenoxy) is 1. The molecule has 2 rings (SSSR count). The van der Waals surface area contributed by atoms with E-state index < -0.39 is 5.60 Å². The molecule has 102 valence electrons. The van der Waals surface area contributed by atoms with Gasteiger partial charge in [-0.2, -0.15) is 0 Å². The fraction of sp³-hybridized carbons (Fsp3) is 0.438. The summed E-state index contributed by atoms with van der Waals surface area (Å²) in [7, 11) is 0. The molecule has 1 fully saturated rings. The zero-order chi connectivity index (χ0) is 13.7. The van der Waals surface area contributed by atoms with Gasteiger partial charge in [-0.25, -0.2) is 0 Å². The average Bonchev–Trinajstić information content (AvgIpc) is 2.80. The quantitative estimate of drug-likeness (QED) is 0.654. The van der Waals surface area contributed by atoms with Crippen molar-refractivity contribution in [2.24, 2.45) is 5.92 Å². The SMILES string of the molecule is C=CCC1(O)CCC(C(=O)OCc2ccccc2)C1. The Balaban J connectivity index is 1.83. The van der Waals surface area contributed by atoms with Crippen LogP contribution in [0, 0.1) is 5.92 Å². The predicted molar refractivity (Wildman–Crippen MR) is 73.3 cm³/mol. The zero-order valence-electron chi connectivity index (χ0n) is 11.0. The van der Waals surface area contributed by atoms with Gasteiger partial charge in [0.1, 0.15) is 6.61 Å². The lowest BCUT2D eigenvalue weighted by Crippen LogP contribution is -2.25. The molecular formula is C16H20O3. The first kappa shape index (κ1) is 13.8. The van der Waals surface area contributed by atoms with E-state index in [4.69, 9.17) is 4.74 Å². The number of esters is 1. The lowest BCUT2D eigenvalue weighted by Gasteiger charge is -2.20. The second-order valence-electron chi connectivity index (χ2n) is 5.25. The maximum absolute atomic E-state index is 12.0. The van der Waals surface area contributed by atoms with Gasteiger partial charge in [0.05, 0.1) is 11.5 Å². The normalized spacial score (nSPS) is 26.1. The van der Waals surface area contributed by atoms with Crippen LogP contribution in [0.4, 0.5) is 0 Å². The fourth-order valence-corrected chi connectivity index (χ4v) is 2.61. The minimum absolute atomic E-state index is 0.186. The number of carbonyl (C=O) groups is 1. The topological polar surface area (TPSA) is 46.5 Å². The number of hydrogen-bond donors (Lipinski definition) is 1. The molecule has 3 nitrogen and oxygen atoms in total. The molecule has 19 heavy (non-hydrogen) atoms. The summed E-state index contributed by atoms with van der Waals surface area (Å²) in [6.45, 7) is 3.94. The molecule has 1 aromatic carbocycles. The van der Waals surface area contributed by atoms with Crippen LogP contribution < -0.4 is 0 Å². The molecule has 1 N–H and O–H groups in total. The number of aliphatic hydroxyl groups is 1. The lowest BCUT2D eigenvalue weighted by atomic mass is 9.96. The second-order valence-corrected chi connectivity index (χ2v) is 5.25. The first-order chi connectivity index (χ1) is 9.13. The van der Waals surface area contributed by atoms with Gasteiger partial charge >= 0.3 is 5.97 Å². The van der Waals surface area contributed by atoms with Crippen LogP contribution >= 0.6 is 0 Å². The minimum Gasteiger partial charge on any atom is -0.461 e. The molecule has 1 aromatic rings. The van der Waals surface area contributed by atoms with Crippen LogP contribution in [0.15, 0.2) is 43.0 Å². The fourth-order valence-electron chi connectivity index (χ4n) is 2.61. The highest BCUT2D eigenvalue weighted by Gasteiger charge is 2.40. The van der Waals surface area contributed by atoms with Crippen LogP contribution in [0.2, 0.25) is 0 Å². The third kappa shape index (κ3) is 3.67. The van der Waals surface area contributed by atoms with Gasteiger partial charge in [-0.3, -0.25) is 4.79 Å². The minimum atomic E-state index is -0.766. The summed E-state index contributed by atoms with van der Waals surface area (Å²) in [5.41, 5.74) is 0.216. The molecule has 0 aromatic heterocycles. The van der Waals surface area contributed by atoms with Crippen LogP contribution in [0.25, 0.3) is 0 Å². The molecule has 3 heteroatoms. The molecule has 1 aliphatic carbocycles. The second kappa shape index (κ2) is 6.02. The van der Waals surface area contributed by atoms with Crippen molar-refractivity contribution in [3.63, 3.8) is 0 Å². The molecule has 2 unspecified atom stereocenters. The highest BCUT2D eigenvalue weighted by Crippen LogP contribution is 2.37. The highest BCUT2D eigenvalue weighted by atomic mass is 16.5. The first-order valence-electron chi connectivity index (χ1n) is 6.67. The van der Waals surface area contributed by atoms with Crippen LogP contribution in [-0.2, 0) is 16.1 Å². The summed E-state index contributed by atoms with van der Waals surface area (Å²) in [5, 5.41) is 10.2. The molecule has 0 aliphatic heterocycles. The molecule has 1 saturated carbocycles. The Morgan fingerprint density at radius 3 is 2.89 bits per heavy atom. The molecular weight excluding hydrogens is 240 g/mol. The molecule has 0 heterocycles. The van der Waals surface area contributed by atoms with Crippen LogP contribution in [0.5, 0.6) is 0 Å². The third-order valence-corrected chi connectivity index (χ3v) is 3.67. The van der Waals surface area contributed by atoms with E-state index in [2.05, 4.69) is 6.58 Å². The van der Waals surface area contributed by atoms with Gasteiger partial charge in [0.25, 0.3) is 0 Å². The monoisotopic (exact) mass is 260 g/mol. The van der Waals surface area contributed by atoms with Crippen molar-refractivity contribution in [3.8, 4) is 0 Å². The molecule has 1 aliphatic rings. The van der Waals surface area contributed by atoms with E-state index in [-0.39, 0.29) is 11.9 Å². The summed E-state index contributed by atoms with van der Waals surface area (Å²) in [4.78, 5) is 12.0. The summed E-state index contributed by atoms with van der Waals surface area (Å²) in [6.07, 6.45) is 4.06. The van der Waals surface area contributed by atoms with Crippen molar-refractivity contribution in [3.05, 3.63) is 48.6 Å². The van der Waals surface area contributed by atoms with E-state index in [1.54, 1.807) is 6.08 Å². The Bertz CT molecular complexity index is 441. The van der Waals surface area contributed by atoms with E-state index in [1.165, 1.54) is 0 Å². The van der Waals surface area contributed by atoms with E-state index in [0.717, 1.165) is 5.56 Å². The Morgan fingerprint density at radius 2 is 2.21 bits per heavy atom. The standard InChI is InChI=1S/C16H20O3/c1-2-9-16(18)10-8-14(11-16)15(17)19-12-13-6-4-3-5-7-13/h2-7,14,18H,1,8-12H2. The summed E-state index contributed by atoms with van der Waals surface area (Å²) >= 11 is 0. The number of benzene rings is 1. The van der Waals surface area contributed by atoms with Gasteiger partial charge < -0.3 is 9.84 Å². The van der Waals surface area contributed by atoms with Crippen molar-refractivity contribution in [2.75, 3.05) is 0 Å². The van der Waals surface area contributed by atoms with Crippen molar-refractivity contribution in [1.82, 2.24) is 0 Å². The van der Waals surface area contributed by atoms with Crippen molar-refractivity contribution in [2.45, 2.75) is 37.9 Å². The average molecular weight is 260 g/mol.